The van der Waals surface area contributed by atoms with Crippen molar-refractivity contribution in [2.75, 3.05) is 5.32 Å². The first kappa shape index (κ1) is 15.3. The molecule has 3 rings (SSSR count). The second kappa shape index (κ2) is 6.28. The summed E-state index contributed by atoms with van der Waals surface area (Å²) in [6, 6.07) is 7.95. The first-order chi connectivity index (χ1) is 11.1. The minimum atomic E-state index is -0.292. The molecule has 0 saturated carbocycles. The number of fused-ring (bicyclic) bond motifs is 1. The Kier molecular flexibility index (Phi) is 4.19. The minimum absolute atomic E-state index is 0.0490. The first-order valence-electron chi connectivity index (χ1n) is 7.98. The highest BCUT2D eigenvalue weighted by molar-refractivity contribution is 5.96. The zero-order valence-electron chi connectivity index (χ0n) is 13.8. The van der Waals surface area contributed by atoms with Crippen LogP contribution >= 0.6 is 0 Å². The van der Waals surface area contributed by atoms with Gasteiger partial charge in [0.1, 0.15) is 6.04 Å². The van der Waals surface area contributed by atoms with Gasteiger partial charge in [-0.15, -0.1) is 0 Å². The molecule has 2 aromatic heterocycles. The van der Waals surface area contributed by atoms with Crippen molar-refractivity contribution < 1.29 is 4.79 Å². The summed E-state index contributed by atoms with van der Waals surface area (Å²) in [5, 5.41) is 4.14. The number of rotatable bonds is 5. The van der Waals surface area contributed by atoms with E-state index in [4.69, 9.17) is 0 Å². The molecule has 5 heteroatoms. The number of aromatic nitrogens is 3. The van der Waals surface area contributed by atoms with Crippen molar-refractivity contribution >= 4 is 22.5 Å². The standard InChI is InChI=1S/C18H22N4O/c1-4-8-22-13(2)10-15-11-16(5-6-17(15)22)20-18(23)14(3)21-9-7-19-12-21/h5-7,9-12,14H,4,8H2,1-3H3,(H,20,23)/t14-/m0/s1. The maximum Gasteiger partial charge on any atom is 0.247 e. The Morgan fingerprint density at radius 2 is 2.17 bits per heavy atom. The number of benzene rings is 1. The summed E-state index contributed by atoms with van der Waals surface area (Å²) < 4.78 is 4.10. The van der Waals surface area contributed by atoms with Gasteiger partial charge in [-0.25, -0.2) is 4.98 Å². The molecule has 1 amide bonds. The lowest BCUT2D eigenvalue weighted by Crippen LogP contribution is -2.22. The van der Waals surface area contributed by atoms with Crippen molar-refractivity contribution in [2.24, 2.45) is 0 Å². The summed E-state index contributed by atoms with van der Waals surface area (Å²) in [5.41, 5.74) is 3.28. The van der Waals surface area contributed by atoms with Gasteiger partial charge < -0.3 is 14.5 Å². The lowest BCUT2D eigenvalue weighted by atomic mass is 10.2. The van der Waals surface area contributed by atoms with Gasteiger partial charge in [0.05, 0.1) is 6.33 Å². The van der Waals surface area contributed by atoms with Crippen LogP contribution in [0.3, 0.4) is 0 Å². The summed E-state index contributed by atoms with van der Waals surface area (Å²) >= 11 is 0. The van der Waals surface area contributed by atoms with E-state index in [1.165, 1.54) is 11.2 Å². The molecule has 0 unspecified atom stereocenters. The van der Waals surface area contributed by atoms with Gasteiger partial charge in [0, 0.05) is 41.2 Å². The van der Waals surface area contributed by atoms with Gasteiger partial charge in [-0.05, 0) is 44.5 Å². The summed E-state index contributed by atoms with van der Waals surface area (Å²) in [4.78, 5) is 16.3. The molecular weight excluding hydrogens is 288 g/mol. The largest absolute Gasteiger partial charge is 0.345 e. The van der Waals surface area contributed by atoms with Gasteiger partial charge in [0.25, 0.3) is 0 Å². The molecule has 0 bridgehead atoms. The Balaban J connectivity index is 1.82. The average molecular weight is 310 g/mol. The molecular formula is C18H22N4O. The van der Waals surface area contributed by atoms with E-state index in [0.29, 0.717) is 0 Å². The molecule has 5 nitrogen and oxygen atoms in total. The Labute approximate surface area is 135 Å². The van der Waals surface area contributed by atoms with E-state index < -0.39 is 0 Å². The van der Waals surface area contributed by atoms with Crippen molar-refractivity contribution in [3.63, 3.8) is 0 Å². The number of carbonyl (C=O) groups is 1. The van der Waals surface area contributed by atoms with Gasteiger partial charge in [-0.3, -0.25) is 4.79 Å². The molecule has 1 N–H and O–H groups in total. The second-order valence-electron chi connectivity index (χ2n) is 5.89. The lowest BCUT2D eigenvalue weighted by molar-refractivity contribution is -0.118. The maximum absolute atomic E-state index is 12.4. The van der Waals surface area contributed by atoms with Gasteiger partial charge in [-0.2, -0.15) is 0 Å². The topological polar surface area (TPSA) is 51.9 Å². The van der Waals surface area contributed by atoms with Gasteiger partial charge in [0.2, 0.25) is 5.91 Å². The fourth-order valence-corrected chi connectivity index (χ4v) is 2.89. The average Bonchev–Trinajstić information content (AvgIpc) is 3.15. The van der Waals surface area contributed by atoms with Crippen molar-refractivity contribution in [1.29, 1.82) is 0 Å². The van der Waals surface area contributed by atoms with E-state index in [1.807, 2.05) is 19.1 Å². The predicted octanol–water partition coefficient (Wildman–Crippen LogP) is 3.76. The molecule has 3 aromatic rings. The SMILES string of the molecule is CCCn1c(C)cc2cc(NC(=O)[C@H](C)n3ccnc3)ccc21. The normalized spacial score (nSPS) is 12.5. The molecule has 23 heavy (non-hydrogen) atoms. The number of anilines is 1. The highest BCUT2D eigenvalue weighted by Gasteiger charge is 2.15. The number of carbonyl (C=O) groups excluding carboxylic acids is 1. The summed E-state index contributed by atoms with van der Waals surface area (Å²) in [6.07, 6.45) is 6.23. The molecule has 1 aromatic carbocycles. The molecule has 0 aliphatic carbocycles. The molecule has 0 spiro atoms. The Hall–Kier alpha value is -2.56. The Bertz CT molecular complexity index is 817. The van der Waals surface area contributed by atoms with Crippen LogP contribution in [0, 0.1) is 6.92 Å². The van der Waals surface area contributed by atoms with E-state index in [1.54, 1.807) is 23.3 Å². The van der Waals surface area contributed by atoms with Gasteiger partial charge in [-0.1, -0.05) is 6.92 Å². The quantitative estimate of drug-likeness (QED) is 0.780. The fourth-order valence-electron chi connectivity index (χ4n) is 2.89. The molecule has 0 aliphatic heterocycles. The zero-order chi connectivity index (χ0) is 16.4. The summed E-state index contributed by atoms with van der Waals surface area (Å²) in [6.45, 7) is 7.17. The molecule has 0 radical (unpaired) electrons. The van der Waals surface area contributed by atoms with Crippen molar-refractivity contribution in [2.45, 2.75) is 39.8 Å². The number of nitrogens with one attached hydrogen (secondary N) is 1. The molecule has 120 valence electrons. The van der Waals surface area contributed by atoms with E-state index in [9.17, 15) is 4.79 Å². The maximum atomic E-state index is 12.4. The fraction of sp³-hybridized carbons (Fsp3) is 0.333. The van der Waals surface area contributed by atoms with Crippen LogP contribution < -0.4 is 5.32 Å². The number of aryl methyl sites for hydroxylation is 2. The third-order valence-electron chi connectivity index (χ3n) is 4.17. The van der Waals surface area contributed by atoms with Crippen LogP contribution in [0.2, 0.25) is 0 Å². The number of imidazole rings is 1. The highest BCUT2D eigenvalue weighted by Crippen LogP contribution is 2.24. The predicted molar refractivity (Wildman–Crippen MR) is 92.5 cm³/mol. The number of nitrogens with zero attached hydrogens (tertiary/aromatic N) is 3. The van der Waals surface area contributed by atoms with Crippen molar-refractivity contribution in [3.8, 4) is 0 Å². The van der Waals surface area contributed by atoms with Crippen LogP contribution in [0.15, 0.2) is 43.0 Å². The van der Waals surface area contributed by atoms with E-state index >= 15 is 0 Å². The molecule has 0 aliphatic rings. The van der Waals surface area contributed by atoms with Crippen LogP contribution in [0.1, 0.15) is 32.0 Å². The summed E-state index contributed by atoms with van der Waals surface area (Å²) in [5.74, 6) is -0.0490. The summed E-state index contributed by atoms with van der Waals surface area (Å²) in [7, 11) is 0. The molecule has 1 atom stereocenters. The third-order valence-corrected chi connectivity index (χ3v) is 4.17. The number of amides is 1. The van der Waals surface area contributed by atoms with E-state index in [2.05, 4.69) is 40.8 Å². The van der Waals surface area contributed by atoms with Crippen LogP contribution in [-0.2, 0) is 11.3 Å². The van der Waals surface area contributed by atoms with Crippen LogP contribution in [-0.4, -0.2) is 20.0 Å². The first-order valence-corrected chi connectivity index (χ1v) is 7.98. The Morgan fingerprint density at radius 3 is 2.87 bits per heavy atom. The van der Waals surface area contributed by atoms with Crippen molar-refractivity contribution in [1.82, 2.24) is 14.1 Å². The van der Waals surface area contributed by atoms with E-state index in [0.717, 1.165) is 24.0 Å². The van der Waals surface area contributed by atoms with Gasteiger partial charge in [0.15, 0.2) is 0 Å². The van der Waals surface area contributed by atoms with Crippen LogP contribution in [0.4, 0.5) is 5.69 Å². The number of hydrogen-bond donors (Lipinski definition) is 1. The van der Waals surface area contributed by atoms with Gasteiger partial charge >= 0.3 is 0 Å². The molecule has 0 fully saturated rings. The smallest absolute Gasteiger partial charge is 0.247 e. The zero-order valence-corrected chi connectivity index (χ0v) is 13.8. The highest BCUT2D eigenvalue weighted by atomic mass is 16.2. The third kappa shape index (κ3) is 2.99. The lowest BCUT2D eigenvalue weighted by Gasteiger charge is -2.13. The van der Waals surface area contributed by atoms with Crippen molar-refractivity contribution in [3.05, 3.63) is 48.7 Å². The molecule has 0 saturated heterocycles. The second-order valence-corrected chi connectivity index (χ2v) is 5.89. The number of hydrogen-bond acceptors (Lipinski definition) is 2. The van der Waals surface area contributed by atoms with Crippen LogP contribution in [0.5, 0.6) is 0 Å². The Morgan fingerprint density at radius 1 is 1.35 bits per heavy atom. The minimum Gasteiger partial charge on any atom is -0.345 e. The van der Waals surface area contributed by atoms with E-state index in [-0.39, 0.29) is 11.9 Å². The molecule has 2 heterocycles. The van der Waals surface area contributed by atoms with Crippen LogP contribution in [0.25, 0.3) is 10.9 Å². The monoisotopic (exact) mass is 310 g/mol.